The molecule has 0 bridgehead atoms. The monoisotopic (exact) mass is 506 g/mol. The van der Waals surface area contributed by atoms with E-state index in [2.05, 4.69) is 51.6 Å². The summed E-state index contributed by atoms with van der Waals surface area (Å²) in [5.41, 5.74) is 8.76. The van der Waals surface area contributed by atoms with Crippen molar-refractivity contribution in [3.63, 3.8) is 0 Å². The van der Waals surface area contributed by atoms with Crippen LogP contribution in [0.15, 0.2) is 59.6 Å². The number of hydrogen-bond acceptors (Lipinski definition) is 3. The molecule has 0 spiro atoms. The Balaban J connectivity index is 0.00000240. The fraction of sp³-hybridized carbons (Fsp3) is 0.435. The molecular formula is C23H31IN4O. The number of nitrogens with one attached hydrogen (secondary N) is 1. The van der Waals surface area contributed by atoms with Gasteiger partial charge in [-0.1, -0.05) is 48.5 Å². The van der Waals surface area contributed by atoms with Gasteiger partial charge in [0, 0.05) is 25.1 Å². The van der Waals surface area contributed by atoms with Crippen LogP contribution in [0.3, 0.4) is 0 Å². The third-order valence-corrected chi connectivity index (χ3v) is 5.76. The second-order valence-electron chi connectivity index (χ2n) is 7.80. The van der Waals surface area contributed by atoms with Crippen LogP contribution in [0.2, 0.25) is 0 Å². The predicted molar refractivity (Wildman–Crippen MR) is 129 cm³/mol. The fourth-order valence-electron chi connectivity index (χ4n) is 4.11. The number of para-hydroxylation sites is 1. The van der Waals surface area contributed by atoms with Crippen molar-refractivity contribution >= 4 is 29.9 Å². The highest BCUT2D eigenvalue weighted by Crippen LogP contribution is 2.31. The first-order chi connectivity index (χ1) is 13.8. The van der Waals surface area contributed by atoms with Crippen LogP contribution in [0, 0.1) is 5.92 Å². The van der Waals surface area contributed by atoms with Crippen molar-refractivity contribution in [2.75, 3.05) is 26.2 Å². The van der Waals surface area contributed by atoms with Gasteiger partial charge >= 0.3 is 0 Å². The van der Waals surface area contributed by atoms with Crippen molar-refractivity contribution in [1.29, 1.82) is 0 Å². The van der Waals surface area contributed by atoms with Crippen LogP contribution in [0.4, 0.5) is 0 Å². The molecular weight excluding hydrogens is 475 g/mol. The number of ether oxygens (including phenoxy) is 1. The smallest absolute Gasteiger partial charge is 0.189 e. The largest absolute Gasteiger partial charge is 0.493 e. The number of halogens is 1. The van der Waals surface area contributed by atoms with Crippen LogP contribution in [0.1, 0.15) is 36.4 Å². The number of nitrogens with two attached hydrogens (primary N) is 1. The van der Waals surface area contributed by atoms with Gasteiger partial charge in [0.15, 0.2) is 5.96 Å². The molecule has 0 aliphatic carbocycles. The van der Waals surface area contributed by atoms with Gasteiger partial charge in [-0.3, -0.25) is 9.89 Å². The summed E-state index contributed by atoms with van der Waals surface area (Å²) in [4.78, 5) is 7.19. The maximum atomic E-state index is 6.20. The second kappa shape index (κ2) is 10.8. The maximum Gasteiger partial charge on any atom is 0.189 e. The van der Waals surface area contributed by atoms with Gasteiger partial charge < -0.3 is 15.8 Å². The molecule has 1 fully saturated rings. The van der Waals surface area contributed by atoms with Crippen molar-refractivity contribution in [2.24, 2.45) is 16.6 Å². The first-order valence-electron chi connectivity index (χ1n) is 10.3. The number of hydrogen-bond donors (Lipinski definition) is 2. The number of guanidine groups is 1. The molecule has 2 aromatic carbocycles. The number of piperidine rings is 1. The molecule has 0 aromatic heterocycles. The van der Waals surface area contributed by atoms with Gasteiger partial charge in [-0.2, -0.15) is 0 Å². The van der Waals surface area contributed by atoms with E-state index in [9.17, 15) is 0 Å². The van der Waals surface area contributed by atoms with Gasteiger partial charge in [0.05, 0.1) is 12.6 Å². The van der Waals surface area contributed by atoms with E-state index in [1.54, 1.807) is 0 Å². The molecule has 1 atom stereocenters. The molecule has 4 rings (SSSR count). The van der Waals surface area contributed by atoms with E-state index in [-0.39, 0.29) is 30.0 Å². The number of benzene rings is 2. The lowest BCUT2D eigenvalue weighted by Gasteiger charge is -2.31. The van der Waals surface area contributed by atoms with Gasteiger partial charge in [0.2, 0.25) is 0 Å². The van der Waals surface area contributed by atoms with Gasteiger partial charge in [0.25, 0.3) is 0 Å². The third-order valence-electron chi connectivity index (χ3n) is 5.76. The predicted octanol–water partition coefficient (Wildman–Crippen LogP) is 3.94. The molecule has 5 nitrogen and oxygen atoms in total. The zero-order valence-electron chi connectivity index (χ0n) is 16.8. The first-order valence-corrected chi connectivity index (χ1v) is 10.3. The summed E-state index contributed by atoms with van der Waals surface area (Å²) in [5, 5.41) is 3.39. The summed E-state index contributed by atoms with van der Waals surface area (Å²) < 4.78 is 5.72. The summed E-state index contributed by atoms with van der Waals surface area (Å²) in [7, 11) is 0. The van der Waals surface area contributed by atoms with E-state index in [4.69, 9.17) is 10.5 Å². The summed E-state index contributed by atoms with van der Waals surface area (Å²) in [6.07, 6.45) is 3.28. The Morgan fingerprint density at radius 1 is 1.03 bits per heavy atom. The molecule has 1 saturated heterocycles. The molecule has 3 N–H and O–H groups in total. The van der Waals surface area contributed by atoms with Gasteiger partial charge in [-0.15, -0.1) is 24.0 Å². The van der Waals surface area contributed by atoms with Crippen LogP contribution >= 0.6 is 24.0 Å². The highest BCUT2D eigenvalue weighted by molar-refractivity contribution is 14.0. The standard InChI is InChI=1S/C23H30N4O.HI/c24-23(26-21-12-15-28-22-9-5-4-8-20(21)22)25-16-18-10-13-27(14-11-18)17-19-6-2-1-3-7-19;/h1-9,18,21H,10-17H2,(H3,24,25,26);1H. The zero-order valence-corrected chi connectivity index (χ0v) is 19.1. The van der Waals surface area contributed by atoms with E-state index >= 15 is 0 Å². The van der Waals surface area contributed by atoms with Crippen LogP contribution < -0.4 is 15.8 Å². The Morgan fingerprint density at radius 2 is 1.76 bits per heavy atom. The van der Waals surface area contributed by atoms with Crippen molar-refractivity contribution in [2.45, 2.75) is 31.8 Å². The number of nitrogens with zero attached hydrogens (tertiary/aromatic N) is 2. The summed E-state index contributed by atoms with van der Waals surface area (Å²) in [5.74, 6) is 2.12. The molecule has 0 amide bonds. The third kappa shape index (κ3) is 6.09. The van der Waals surface area contributed by atoms with Crippen LogP contribution in [0.5, 0.6) is 5.75 Å². The lowest BCUT2D eigenvalue weighted by molar-refractivity contribution is 0.180. The number of fused-ring (bicyclic) bond motifs is 1. The van der Waals surface area contributed by atoms with E-state index in [1.165, 1.54) is 24.0 Å². The van der Waals surface area contributed by atoms with Crippen molar-refractivity contribution in [3.05, 3.63) is 65.7 Å². The first kappa shape index (κ1) is 21.9. The zero-order chi connectivity index (χ0) is 19.2. The van der Waals surface area contributed by atoms with Gasteiger partial charge in [-0.05, 0) is 43.5 Å². The van der Waals surface area contributed by atoms with Gasteiger partial charge in [0.1, 0.15) is 5.75 Å². The summed E-state index contributed by atoms with van der Waals surface area (Å²) in [6.45, 7) is 4.83. The molecule has 0 radical (unpaired) electrons. The molecule has 0 saturated carbocycles. The van der Waals surface area contributed by atoms with Crippen LogP contribution in [-0.2, 0) is 6.54 Å². The minimum Gasteiger partial charge on any atom is -0.493 e. The second-order valence-corrected chi connectivity index (χ2v) is 7.80. The SMILES string of the molecule is I.NC(=NCC1CCN(Cc2ccccc2)CC1)NC1CCOc2ccccc21. The van der Waals surface area contributed by atoms with E-state index < -0.39 is 0 Å². The molecule has 29 heavy (non-hydrogen) atoms. The normalized spacial score (nSPS) is 20.3. The maximum absolute atomic E-state index is 6.20. The van der Waals surface area contributed by atoms with Crippen molar-refractivity contribution < 1.29 is 4.74 Å². The molecule has 156 valence electrons. The Bertz CT molecular complexity index is 790. The van der Waals surface area contributed by atoms with Gasteiger partial charge in [-0.25, -0.2) is 0 Å². The molecule has 2 aromatic rings. The van der Waals surface area contributed by atoms with Crippen LogP contribution in [-0.4, -0.2) is 37.1 Å². The van der Waals surface area contributed by atoms with E-state index in [1.807, 2.05) is 18.2 Å². The molecule has 6 heteroatoms. The minimum absolute atomic E-state index is 0. The lowest BCUT2D eigenvalue weighted by Crippen LogP contribution is -2.38. The topological polar surface area (TPSA) is 62.9 Å². The number of likely N-dealkylation sites (tertiary alicyclic amines) is 1. The highest BCUT2D eigenvalue weighted by Gasteiger charge is 2.22. The Hall–Kier alpha value is -1.80. The number of rotatable bonds is 5. The molecule has 2 aliphatic rings. The van der Waals surface area contributed by atoms with E-state index in [0.717, 1.165) is 38.3 Å². The molecule has 2 aliphatic heterocycles. The quantitative estimate of drug-likeness (QED) is 0.367. The van der Waals surface area contributed by atoms with Crippen molar-refractivity contribution in [1.82, 2.24) is 10.2 Å². The van der Waals surface area contributed by atoms with Crippen LogP contribution in [0.25, 0.3) is 0 Å². The average Bonchev–Trinajstić information content (AvgIpc) is 2.74. The van der Waals surface area contributed by atoms with E-state index in [0.29, 0.717) is 18.5 Å². The lowest BCUT2D eigenvalue weighted by atomic mass is 9.96. The molecule has 1 unspecified atom stereocenters. The van der Waals surface area contributed by atoms with Crippen molar-refractivity contribution in [3.8, 4) is 5.75 Å². The fourth-order valence-corrected chi connectivity index (χ4v) is 4.11. The summed E-state index contributed by atoms with van der Waals surface area (Å²) in [6, 6.07) is 19.1. The molecule has 2 heterocycles. The summed E-state index contributed by atoms with van der Waals surface area (Å²) >= 11 is 0. The Morgan fingerprint density at radius 3 is 2.55 bits per heavy atom. The average molecular weight is 506 g/mol. The minimum atomic E-state index is 0. The highest BCUT2D eigenvalue weighted by atomic mass is 127. The number of aliphatic imine (C=N–C) groups is 1. The Kier molecular flexibility index (Phi) is 8.18. The Labute approximate surface area is 190 Å².